The second kappa shape index (κ2) is 8.18. The van der Waals surface area contributed by atoms with Gasteiger partial charge in [0.15, 0.2) is 0 Å². The van der Waals surface area contributed by atoms with E-state index in [-0.39, 0.29) is 0 Å². The molecule has 0 aliphatic carbocycles. The van der Waals surface area contributed by atoms with E-state index >= 15 is 0 Å². The lowest BCUT2D eigenvalue weighted by Crippen LogP contribution is -1.93. The summed E-state index contributed by atoms with van der Waals surface area (Å²) in [5.74, 6) is 0.939. The van der Waals surface area contributed by atoms with Crippen LogP contribution in [0.2, 0.25) is 5.02 Å². The molecule has 0 N–H and O–H groups in total. The van der Waals surface area contributed by atoms with Crippen LogP contribution in [0.15, 0.2) is 94.3 Å². The molecule has 0 saturated heterocycles. The van der Waals surface area contributed by atoms with Gasteiger partial charge in [0.25, 0.3) is 0 Å². The fourth-order valence-corrected chi connectivity index (χ4v) is 3.31. The molecular weight excluding hydrogens is 380 g/mol. The minimum atomic E-state index is 0.303. The maximum Gasteiger partial charge on any atom is 0.238 e. The predicted molar refractivity (Wildman–Crippen MR) is 118 cm³/mol. The van der Waals surface area contributed by atoms with Crippen LogP contribution in [-0.2, 0) is 0 Å². The van der Waals surface area contributed by atoms with Gasteiger partial charge in [-0.1, -0.05) is 84.4 Å². The maximum absolute atomic E-state index is 9.94. The number of nitrogens with zero attached hydrogens (tertiary/aromatic N) is 2. The Morgan fingerprint density at radius 1 is 0.862 bits per heavy atom. The summed E-state index contributed by atoms with van der Waals surface area (Å²) in [6.07, 6.45) is 0. The lowest BCUT2D eigenvalue weighted by atomic mass is 9.98. The molecule has 0 atom stereocenters. The molecule has 0 aliphatic heterocycles. The molecule has 0 fully saturated rings. The quantitative estimate of drug-likeness (QED) is 0.340. The second-order valence-electron chi connectivity index (χ2n) is 6.53. The highest BCUT2D eigenvalue weighted by Crippen LogP contribution is 2.42. The smallest absolute Gasteiger partial charge is 0.238 e. The van der Waals surface area contributed by atoms with E-state index in [1.807, 2.05) is 91.9 Å². The molecule has 0 aliphatic rings. The van der Waals surface area contributed by atoms with Gasteiger partial charge in [0.1, 0.15) is 17.4 Å². The zero-order chi connectivity index (χ0) is 20.2. The standard InChI is InChI=1S/C25H17ClN2O/c1-17(18-12-14-21(26)15-13-18)28-25-22(16-27)23(19-8-4-2-5-9-19)24(29-25)20-10-6-3-7-11-20/h2-15H,1H3/b28-17-. The largest absolute Gasteiger partial charge is 0.436 e. The molecule has 4 heteroatoms. The molecule has 0 saturated carbocycles. The summed E-state index contributed by atoms with van der Waals surface area (Å²) in [5, 5.41) is 10.6. The summed E-state index contributed by atoms with van der Waals surface area (Å²) >= 11 is 5.98. The molecule has 3 nitrogen and oxygen atoms in total. The highest BCUT2D eigenvalue weighted by molar-refractivity contribution is 6.30. The van der Waals surface area contributed by atoms with Gasteiger partial charge in [0.05, 0.1) is 0 Å². The number of benzene rings is 3. The number of aliphatic imine (C=N–C) groups is 1. The van der Waals surface area contributed by atoms with Crippen molar-refractivity contribution in [2.75, 3.05) is 0 Å². The zero-order valence-corrected chi connectivity index (χ0v) is 16.5. The molecule has 4 rings (SSSR count). The first-order valence-electron chi connectivity index (χ1n) is 9.16. The van der Waals surface area contributed by atoms with Crippen molar-refractivity contribution in [3.63, 3.8) is 0 Å². The van der Waals surface area contributed by atoms with E-state index in [1.54, 1.807) is 0 Å². The van der Waals surface area contributed by atoms with E-state index in [2.05, 4.69) is 11.1 Å². The fraction of sp³-hybridized carbons (Fsp3) is 0.0400. The molecule has 0 bridgehead atoms. The van der Waals surface area contributed by atoms with E-state index in [0.717, 1.165) is 28.0 Å². The number of halogens is 1. The van der Waals surface area contributed by atoms with Gasteiger partial charge >= 0.3 is 0 Å². The Morgan fingerprint density at radius 2 is 1.45 bits per heavy atom. The first-order valence-corrected chi connectivity index (χ1v) is 9.54. The first-order chi connectivity index (χ1) is 14.2. The Hall–Kier alpha value is -3.61. The molecule has 4 aromatic rings. The summed E-state index contributed by atoms with van der Waals surface area (Å²) in [6, 6.07) is 29.3. The Bertz CT molecular complexity index is 1200. The molecule has 0 unspecified atom stereocenters. The first kappa shape index (κ1) is 18.7. The molecule has 140 valence electrons. The van der Waals surface area contributed by atoms with Crippen molar-refractivity contribution in [2.24, 2.45) is 4.99 Å². The van der Waals surface area contributed by atoms with Crippen LogP contribution in [0.4, 0.5) is 5.88 Å². The van der Waals surface area contributed by atoms with Gasteiger partial charge < -0.3 is 4.42 Å². The van der Waals surface area contributed by atoms with Crippen molar-refractivity contribution in [1.82, 2.24) is 0 Å². The van der Waals surface area contributed by atoms with Crippen molar-refractivity contribution in [3.8, 4) is 28.5 Å². The van der Waals surface area contributed by atoms with Crippen molar-refractivity contribution in [3.05, 3.63) is 101 Å². The van der Waals surface area contributed by atoms with E-state index < -0.39 is 0 Å². The van der Waals surface area contributed by atoms with Gasteiger partial charge in [-0.25, -0.2) is 4.99 Å². The third-order valence-electron chi connectivity index (χ3n) is 4.63. The van der Waals surface area contributed by atoms with E-state index in [9.17, 15) is 5.26 Å². The van der Waals surface area contributed by atoms with E-state index in [0.29, 0.717) is 22.2 Å². The average molecular weight is 397 g/mol. The molecule has 3 aromatic carbocycles. The molecule has 1 aromatic heterocycles. The SMILES string of the molecule is C/C(=N/c1oc(-c2ccccc2)c(-c2ccccc2)c1C#N)c1ccc(Cl)cc1. The van der Waals surface area contributed by atoms with Crippen LogP contribution in [-0.4, -0.2) is 5.71 Å². The van der Waals surface area contributed by atoms with Crippen molar-refractivity contribution in [1.29, 1.82) is 5.26 Å². The Balaban J connectivity index is 1.92. The summed E-state index contributed by atoms with van der Waals surface area (Å²) in [7, 11) is 0. The van der Waals surface area contributed by atoms with Gasteiger partial charge in [-0.05, 0) is 30.2 Å². The molecule has 29 heavy (non-hydrogen) atoms. The summed E-state index contributed by atoms with van der Waals surface area (Å²) in [5.41, 5.74) is 4.64. The van der Waals surface area contributed by atoms with Crippen molar-refractivity contribution in [2.45, 2.75) is 6.92 Å². The van der Waals surface area contributed by atoms with Crippen LogP contribution in [0, 0.1) is 11.3 Å². The third-order valence-corrected chi connectivity index (χ3v) is 4.88. The van der Waals surface area contributed by atoms with Crippen LogP contribution in [0.3, 0.4) is 0 Å². The average Bonchev–Trinajstić information content (AvgIpc) is 3.13. The van der Waals surface area contributed by atoms with Gasteiger partial charge in [0.2, 0.25) is 5.88 Å². The predicted octanol–water partition coefficient (Wildman–Crippen LogP) is 7.28. The summed E-state index contributed by atoms with van der Waals surface area (Å²) < 4.78 is 6.16. The Labute approximate surface area is 174 Å². The van der Waals surface area contributed by atoms with Crippen LogP contribution in [0.1, 0.15) is 18.1 Å². The number of rotatable bonds is 4. The lowest BCUT2D eigenvalue weighted by Gasteiger charge is -2.03. The lowest BCUT2D eigenvalue weighted by molar-refractivity contribution is 0.592. The fourth-order valence-electron chi connectivity index (χ4n) is 3.18. The topological polar surface area (TPSA) is 49.3 Å². The molecule has 0 radical (unpaired) electrons. The van der Waals surface area contributed by atoms with Gasteiger partial charge in [-0.2, -0.15) is 5.26 Å². The molecule has 0 spiro atoms. The Kier molecular flexibility index (Phi) is 5.29. The molecule has 0 amide bonds. The van der Waals surface area contributed by atoms with Crippen LogP contribution in [0.25, 0.3) is 22.5 Å². The Morgan fingerprint density at radius 3 is 2.03 bits per heavy atom. The van der Waals surface area contributed by atoms with Gasteiger partial charge in [-0.15, -0.1) is 0 Å². The van der Waals surface area contributed by atoms with E-state index in [4.69, 9.17) is 16.0 Å². The maximum atomic E-state index is 9.94. The third kappa shape index (κ3) is 3.85. The minimum Gasteiger partial charge on any atom is -0.436 e. The highest BCUT2D eigenvalue weighted by atomic mass is 35.5. The number of nitriles is 1. The summed E-state index contributed by atoms with van der Waals surface area (Å²) in [6.45, 7) is 1.89. The number of hydrogen-bond acceptors (Lipinski definition) is 3. The summed E-state index contributed by atoms with van der Waals surface area (Å²) in [4.78, 5) is 4.65. The number of furan rings is 1. The zero-order valence-electron chi connectivity index (χ0n) is 15.8. The van der Waals surface area contributed by atoms with E-state index in [1.165, 1.54) is 0 Å². The molecular formula is C25H17ClN2O. The molecule has 1 heterocycles. The minimum absolute atomic E-state index is 0.303. The highest BCUT2D eigenvalue weighted by Gasteiger charge is 2.23. The van der Waals surface area contributed by atoms with Gasteiger partial charge in [0, 0.05) is 21.9 Å². The second-order valence-corrected chi connectivity index (χ2v) is 6.97. The van der Waals surface area contributed by atoms with Crippen LogP contribution >= 0.6 is 11.6 Å². The van der Waals surface area contributed by atoms with Crippen LogP contribution < -0.4 is 0 Å². The van der Waals surface area contributed by atoms with Crippen molar-refractivity contribution >= 4 is 23.2 Å². The monoisotopic (exact) mass is 396 g/mol. The number of hydrogen-bond donors (Lipinski definition) is 0. The van der Waals surface area contributed by atoms with Crippen LogP contribution in [0.5, 0.6) is 0 Å². The normalized spacial score (nSPS) is 11.3. The van der Waals surface area contributed by atoms with Crippen molar-refractivity contribution < 1.29 is 4.42 Å². The van der Waals surface area contributed by atoms with Gasteiger partial charge in [-0.3, -0.25) is 0 Å².